The van der Waals surface area contributed by atoms with Gasteiger partial charge < -0.3 is 19.5 Å². The molecule has 166 valence electrons. The van der Waals surface area contributed by atoms with Crippen LogP contribution in [0, 0.1) is 0 Å². The Balaban J connectivity index is 1.65. The molecule has 0 aliphatic carbocycles. The van der Waals surface area contributed by atoms with E-state index in [1.54, 1.807) is 10.6 Å². The van der Waals surface area contributed by atoms with Crippen molar-refractivity contribution >= 4 is 27.6 Å². The number of aromatic nitrogens is 2. The van der Waals surface area contributed by atoms with E-state index in [2.05, 4.69) is 12.1 Å². The number of hydrogen-bond donors (Lipinski definition) is 2. The van der Waals surface area contributed by atoms with Crippen LogP contribution < -0.4 is 5.56 Å². The number of hydrogen-bond acceptors (Lipinski definition) is 6. The van der Waals surface area contributed by atoms with Crippen molar-refractivity contribution < 1.29 is 19.7 Å². The Hall–Kier alpha value is -3.55. The number of carbonyl (C=O) groups excluding carboxylic acids is 1. The number of aliphatic hydroxyl groups excluding tert-OH is 2. The quantitative estimate of drug-likeness (QED) is 0.252. The number of aryl methyl sites for hydroxylation is 1. The van der Waals surface area contributed by atoms with Crippen molar-refractivity contribution in [3.8, 4) is 11.4 Å². The SMILES string of the molecule is O=C1OCc2c(cc3n(c2=O)Cc2c-3nc3c(ccc4ccccc43)c2CCCCO)C1O. The van der Waals surface area contributed by atoms with Crippen molar-refractivity contribution in [2.45, 2.75) is 38.5 Å². The lowest BCUT2D eigenvalue weighted by atomic mass is 9.94. The monoisotopic (exact) mass is 442 g/mol. The van der Waals surface area contributed by atoms with E-state index in [9.17, 15) is 19.8 Å². The van der Waals surface area contributed by atoms with Gasteiger partial charge in [-0.3, -0.25) is 4.79 Å². The van der Waals surface area contributed by atoms with Gasteiger partial charge in [-0.1, -0.05) is 36.4 Å². The Bertz CT molecular complexity index is 1520. The summed E-state index contributed by atoms with van der Waals surface area (Å²) in [4.78, 5) is 30.3. The topological polar surface area (TPSA) is 102 Å². The normalized spacial score (nSPS) is 16.5. The van der Waals surface area contributed by atoms with E-state index in [1.807, 2.05) is 24.3 Å². The zero-order valence-electron chi connectivity index (χ0n) is 17.9. The summed E-state index contributed by atoms with van der Waals surface area (Å²) >= 11 is 0. The van der Waals surface area contributed by atoms with Crippen LogP contribution in [0.15, 0.2) is 47.3 Å². The predicted octanol–water partition coefficient (Wildman–Crippen LogP) is 2.98. The molecule has 0 radical (unpaired) electrons. The van der Waals surface area contributed by atoms with E-state index >= 15 is 0 Å². The van der Waals surface area contributed by atoms with Crippen LogP contribution in [0.1, 0.15) is 41.2 Å². The summed E-state index contributed by atoms with van der Waals surface area (Å²) in [5, 5.41) is 22.9. The van der Waals surface area contributed by atoms with Gasteiger partial charge in [-0.05, 0) is 36.3 Å². The highest BCUT2D eigenvalue weighted by Crippen LogP contribution is 2.39. The molecular weight excluding hydrogens is 420 g/mol. The van der Waals surface area contributed by atoms with Crippen molar-refractivity contribution in [2.24, 2.45) is 0 Å². The summed E-state index contributed by atoms with van der Waals surface area (Å²) in [7, 11) is 0. The van der Waals surface area contributed by atoms with Gasteiger partial charge >= 0.3 is 5.97 Å². The van der Waals surface area contributed by atoms with Crippen molar-refractivity contribution in [3.05, 3.63) is 75.1 Å². The number of nitrogens with zero attached hydrogens (tertiary/aromatic N) is 2. The highest BCUT2D eigenvalue weighted by molar-refractivity contribution is 6.07. The third-order valence-electron chi connectivity index (χ3n) is 6.80. The maximum atomic E-state index is 13.3. The molecule has 0 amide bonds. The summed E-state index contributed by atoms with van der Waals surface area (Å²) in [6.45, 7) is 0.377. The second-order valence-electron chi connectivity index (χ2n) is 8.65. The fraction of sp³-hybridized carbons (Fsp3) is 0.269. The van der Waals surface area contributed by atoms with Gasteiger partial charge in [0.05, 0.1) is 29.0 Å². The van der Waals surface area contributed by atoms with Crippen LogP contribution in [0.5, 0.6) is 0 Å². The number of fused-ring (bicyclic) bond motifs is 7. The van der Waals surface area contributed by atoms with Crippen LogP contribution >= 0.6 is 0 Å². The maximum absolute atomic E-state index is 13.3. The predicted molar refractivity (Wildman–Crippen MR) is 123 cm³/mol. The molecule has 0 spiro atoms. The molecule has 1 unspecified atom stereocenters. The van der Waals surface area contributed by atoms with Gasteiger partial charge in [-0.25, -0.2) is 9.78 Å². The number of unbranched alkanes of at least 4 members (excludes halogenated alkanes) is 1. The Morgan fingerprint density at radius 1 is 1.06 bits per heavy atom. The number of cyclic esters (lactones) is 1. The van der Waals surface area contributed by atoms with Gasteiger partial charge in [0.25, 0.3) is 5.56 Å². The summed E-state index contributed by atoms with van der Waals surface area (Å²) in [6.07, 6.45) is 0.797. The first kappa shape index (κ1) is 20.1. The van der Waals surface area contributed by atoms with Gasteiger partial charge in [-0.2, -0.15) is 0 Å². The molecule has 2 aromatic carbocycles. The van der Waals surface area contributed by atoms with Gasteiger partial charge in [0, 0.05) is 28.5 Å². The largest absolute Gasteiger partial charge is 0.458 e. The molecule has 7 nitrogen and oxygen atoms in total. The van der Waals surface area contributed by atoms with E-state index in [0.717, 1.165) is 45.6 Å². The molecule has 4 aromatic rings. The summed E-state index contributed by atoms with van der Waals surface area (Å²) < 4.78 is 6.66. The van der Waals surface area contributed by atoms with Crippen LogP contribution in [-0.4, -0.2) is 32.3 Å². The lowest BCUT2D eigenvalue weighted by Crippen LogP contribution is -2.32. The van der Waals surface area contributed by atoms with E-state index in [1.165, 1.54) is 0 Å². The summed E-state index contributed by atoms with van der Waals surface area (Å²) in [5.41, 5.74) is 4.66. The van der Waals surface area contributed by atoms with Crippen molar-refractivity contribution in [1.29, 1.82) is 0 Å². The lowest BCUT2D eigenvalue weighted by molar-refractivity contribution is -0.157. The third kappa shape index (κ3) is 2.93. The molecule has 0 saturated carbocycles. The van der Waals surface area contributed by atoms with Crippen molar-refractivity contribution in [3.63, 3.8) is 0 Å². The van der Waals surface area contributed by atoms with Crippen LogP contribution in [0.2, 0.25) is 0 Å². The first-order valence-electron chi connectivity index (χ1n) is 11.1. The highest BCUT2D eigenvalue weighted by atomic mass is 16.5. The number of esters is 1. The number of carbonyl (C=O) groups is 1. The van der Waals surface area contributed by atoms with Crippen molar-refractivity contribution in [2.75, 3.05) is 6.61 Å². The Kier molecular flexibility index (Phi) is 4.57. The molecule has 4 heterocycles. The van der Waals surface area contributed by atoms with Crippen molar-refractivity contribution in [1.82, 2.24) is 9.55 Å². The number of benzene rings is 2. The fourth-order valence-electron chi connectivity index (χ4n) is 5.14. The van der Waals surface area contributed by atoms with Crippen LogP contribution in [0.3, 0.4) is 0 Å². The molecule has 0 saturated heterocycles. The average molecular weight is 442 g/mol. The molecule has 0 bridgehead atoms. The first-order valence-corrected chi connectivity index (χ1v) is 11.1. The van der Waals surface area contributed by atoms with E-state index in [-0.39, 0.29) is 18.8 Å². The molecule has 6 rings (SSSR count). The van der Waals surface area contributed by atoms with E-state index in [0.29, 0.717) is 35.5 Å². The maximum Gasteiger partial charge on any atom is 0.340 e. The number of pyridine rings is 2. The highest BCUT2D eigenvalue weighted by Gasteiger charge is 2.34. The van der Waals surface area contributed by atoms with Crippen LogP contribution in [-0.2, 0) is 29.1 Å². The Morgan fingerprint density at radius 2 is 1.91 bits per heavy atom. The van der Waals surface area contributed by atoms with Gasteiger partial charge in [0.15, 0.2) is 6.10 Å². The Morgan fingerprint density at radius 3 is 2.76 bits per heavy atom. The average Bonchev–Trinajstić information content (AvgIpc) is 3.20. The molecule has 2 N–H and O–H groups in total. The molecule has 33 heavy (non-hydrogen) atoms. The molecule has 7 heteroatoms. The van der Waals surface area contributed by atoms with E-state index < -0.39 is 12.1 Å². The summed E-state index contributed by atoms with van der Waals surface area (Å²) in [5.74, 6) is -0.743. The zero-order chi connectivity index (χ0) is 22.7. The number of ether oxygens (including phenoxy) is 1. The van der Waals surface area contributed by atoms with Gasteiger partial charge in [0.2, 0.25) is 0 Å². The zero-order valence-corrected chi connectivity index (χ0v) is 17.9. The second kappa shape index (κ2) is 7.50. The van der Waals surface area contributed by atoms with Crippen LogP contribution in [0.25, 0.3) is 33.1 Å². The fourth-order valence-corrected chi connectivity index (χ4v) is 5.14. The summed E-state index contributed by atoms with van der Waals surface area (Å²) in [6, 6.07) is 14.0. The molecular formula is C26H22N2O5. The van der Waals surface area contributed by atoms with Crippen LogP contribution in [0.4, 0.5) is 0 Å². The molecule has 1 atom stereocenters. The lowest BCUT2D eigenvalue weighted by Gasteiger charge is -2.21. The minimum absolute atomic E-state index is 0.131. The number of aliphatic hydroxyl groups is 2. The smallest absolute Gasteiger partial charge is 0.340 e. The van der Waals surface area contributed by atoms with Gasteiger partial charge in [-0.15, -0.1) is 0 Å². The minimum Gasteiger partial charge on any atom is -0.458 e. The molecule has 2 aliphatic heterocycles. The molecule has 0 fully saturated rings. The molecule has 2 aromatic heterocycles. The third-order valence-corrected chi connectivity index (χ3v) is 6.80. The standard InChI is InChI=1S/C26H22N2O5/c29-10-4-3-7-16-17-9-8-14-5-1-2-6-15(14)22(17)27-23-19(16)12-28-21(23)11-18-20(25(28)31)13-33-26(32)24(18)30/h1-2,5-6,8-9,11,24,29-30H,3-4,7,10,12-13H2. The van der Waals surface area contributed by atoms with E-state index in [4.69, 9.17) is 9.72 Å². The minimum atomic E-state index is -1.47. The number of rotatable bonds is 4. The molecule has 2 aliphatic rings. The van der Waals surface area contributed by atoms with Gasteiger partial charge in [0.1, 0.15) is 6.61 Å². The second-order valence-corrected chi connectivity index (χ2v) is 8.65. The first-order chi connectivity index (χ1) is 16.1. The Labute approximate surface area is 188 Å².